The average Bonchev–Trinajstić information content (AvgIpc) is 2.20. The van der Waals surface area contributed by atoms with Crippen LogP contribution in [-0.4, -0.2) is 7.85 Å². The van der Waals surface area contributed by atoms with E-state index in [2.05, 4.69) is 56.4 Å². The van der Waals surface area contributed by atoms with E-state index < -0.39 is 0 Å². The van der Waals surface area contributed by atoms with Crippen LogP contribution in [0.5, 0.6) is 0 Å². The van der Waals surface area contributed by atoms with Gasteiger partial charge in [-0.1, -0.05) is 60.1 Å². The molecule has 0 atom stereocenters. The van der Waals surface area contributed by atoms with E-state index in [-0.39, 0.29) is 0 Å². The van der Waals surface area contributed by atoms with E-state index in [4.69, 9.17) is 0 Å². The standard InChI is InChI=1S/C12H11B/c13-12-8-6-11(7-9-12)10-4-2-1-3-5-10/h1-9H,13H2. The molecule has 0 heterocycles. The molecule has 0 saturated carbocycles. The fourth-order valence-corrected chi connectivity index (χ4v) is 1.38. The first-order valence-electron chi connectivity index (χ1n) is 4.48. The van der Waals surface area contributed by atoms with Crippen LogP contribution in [0.1, 0.15) is 0 Å². The van der Waals surface area contributed by atoms with Crippen molar-refractivity contribution in [2.75, 3.05) is 0 Å². The minimum absolute atomic E-state index is 1.28. The van der Waals surface area contributed by atoms with E-state index in [0.717, 1.165) is 0 Å². The van der Waals surface area contributed by atoms with Crippen LogP contribution in [0.15, 0.2) is 54.6 Å². The molecule has 0 fully saturated rings. The number of hydrogen-bond acceptors (Lipinski definition) is 0. The van der Waals surface area contributed by atoms with Crippen molar-refractivity contribution < 1.29 is 0 Å². The van der Waals surface area contributed by atoms with Gasteiger partial charge >= 0.3 is 0 Å². The van der Waals surface area contributed by atoms with E-state index in [1.807, 2.05) is 6.07 Å². The summed E-state index contributed by atoms with van der Waals surface area (Å²) in [4.78, 5) is 0. The van der Waals surface area contributed by atoms with Gasteiger partial charge in [0.25, 0.3) is 0 Å². The van der Waals surface area contributed by atoms with Gasteiger partial charge in [-0.3, -0.25) is 0 Å². The summed E-state index contributed by atoms with van der Waals surface area (Å²) >= 11 is 0. The molecule has 0 amide bonds. The molecule has 0 radical (unpaired) electrons. The molecule has 0 unspecified atom stereocenters. The second-order valence-electron chi connectivity index (χ2n) is 3.23. The molecule has 0 spiro atoms. The molecule has 2 aromatic carbocycles. The van der Waals surface area contributed by atoms with Gasteiger partial charge in [0.2, 0.25) is 0 Å². The Morgan fingerprint density at radius 1 is 0.615 bits per heavy atom. The summed E-state index contributed by atoms with van der Waals surface area (Å²) in [5.41, 5.74) is 3.87. The number of rotatable bonds is 1. The number of hydrogen-bond donors (Lipinski definition) is 0. The van der Waals surface area contributed by atoms with Crippen molar-refractivity contribution in [2.45, 2.75) is 0 Å². The van der Waals surface area contributed by atoms with Crippen LogP contribution in [0.3, 0.4) is 0 Å². The van der Waals surface area contributed by atoms with Crippen molar-refractivity contribution in [1.82, 2.24) is 0 Å². The minimum Gasteiger partial charge on any atom is -0.0889 e. The molecule has 0 saturated heterocycles. The smallest absolute Gasteiger partial charge is 0.0889 e. The maximum Gasteiger partial charge on any atom is 0.139 e. The van der Waals surface area contributed by atoms with Gasteiger partial charge in [0.15, 0.2) is 0 Å². The monoisotopic (exact) mass is 166 g/mol. The fourth-order valence-electron chi connectivity index (χ4n) is 1.38. The SMILES string of the molecule is Bc1ccc(-c2ccccc2)cc1. The van der Waals surface area contributed by atoms with Gasteiger partial charge in [0, 0.05) is 0 Å². The summed E-state index contributed by atoms with van der Waals surface area (Å²) in [6.07, 6.45) is 0. The van der Waals surface area contributed by atoms with Crippen LogP contribution in [0.25, 0.3) is 11.1 Å². The molecule has 0 bridgehead atoms. The zero-order valence-corrected chi connectivity index (χ0v) is 7.70. The summed E-state index contributed by atoms with van der Waals surface area (Å²) in [6, 6.07) is 19.0. The summed E-state index contributed by atoms with van der Waals surface area (Å²) in [5, 5.41) is 0. The van der Waals surface area contributed by atoms with Crippen LogP contribution in [0.4, 0.5) is 0 Å². The third-order valence-electron chi connectivity index (χ3n) is 2.16. The van der Waals surface area contributed by atoms with Gasteiger partial charge in [-0.15, -0.1) is 0 Å². The molecule has 0 aromatic heterocycles. The minimum atomic E-state index is 1.28. The Morgan fingerprint density at radius 3 is 1.77 bits per heavy atom. The third-order valence-corrected chi connectivity index (χ3v) is 2.16. The van der Waals surface area contributed by atoms with Gasteiger partial charge in [-0.2, -0.15) is 0 Å². The lowest BCUT2D eigenvalue weighted by Gasteiger charge is -2.00. The zero-order valence-electron chi connectivity index (χ0n) is 7.70. The highest BCUT2D eigenvalue weighted by Gasteiger charge is 1.93. The molecular weight excluding hydrogens is 155 g/mol. The van der Waals surface area contributed by atoms with E-state index in [9.17, 15) is 0 Å². The summed E-state index contributed by atoms with van der Waals surface area (Å²) < 4.78 is 0. The van der Waals surface area contributed by atoms with Gasteiger partial charge in [-0.05, 0) is 11.1 Å². The molecule has 2 rings (SSSR count). The van der Waals surface area contributed by atoms with E-state index in [1.165, 1.54) is 16.6 Å². The van der Waals surface area contributed by atoms with Gasteiger partial charge in [-0.25, -0.2) is 0 Å². The maximum absolute atomic E-state index is 2.16. The lowest BCUT2D eigenvalue weighted by atomic mass is 9.94. The molecule has 0 nitrogen and oxygen atoms in total. The fraction of sp³-hybridized carbons (Fsp3) is 0. The first kappa shape index (κ1) is 8.12. The Kier molecular flexibility index (Phi) is 2.18. The van der Waals surface area contributed by atoms with Crippen LogP contribution in [0, 0.1) is 0 Å². The van der Waals surface area contributed by atoms with Crippen molar-refractivity contribution >= 4 is 13.3 Å². The first-order valence-corrected chi connectivity index (χ1v) is 4.48. The molecule has 0 aliphatic carbocycles. The van der Waals surface area contributed by atoms with Crippen LogP contribution in [0.2, 0.25) is 0 Å². The van der Waals surface area contributed by atoms with Crippen molar-refractivity contribution in [3.05, 3.63) is 54.6 Å². The number of benzene rings is 2. The lowest BCUT2D eigenvalue weighted by Crippen LogP contribution is -1.98. The van der Waals surface area contributed by atoms with Crippen molar-refractivity contribution in [3.8, 4) is 11.1 Å². The molecule has 62 valence electrons. The predicted molar refractivity (Wildman–Crippen MR) is 60.1 cm³/mol. The largest absolute Gasteiger partial charge is 0.139 e. The molecular formula is C12H11B. The van der Waals surface area contributed by atoms with Crippen LogP contribution < -0.4 is 5.46 Å². The Labute approximate surface area is 79.6 Å². The highest BCUT2D eigenvalue weighted by Crippen LogP contribution is 2.16. The molecule has 0 aliphatic heterocycles. The first-order chi connectivity index (χ1) is 6.36. The molecule has 1 heteroatoms. The maximum atomic E-state index is 2.16. The van der Waals surface area contributed by atoms with E-state index in [1.54, 1.807) is 0 Å². The zero-order chi connectivity index (χ0) is 9.10. The lowest BCUT2D eigenvalue weighted by molar-refractivity contribution is 1.64. The highest BCUT2D eigenvalue weighted by atomic mass is 14.0. The van der Waals surface area contributed by atoms with Gasteiger partial charge < -0.3 is 0 Å². The summed E-state index contributed by atoms with van der Waals surface area (Å²) in [6.45, 7) is 0. The Morgan fingerprint density at radius 2 is 1.15 bits per heavy atom. The second-order valence-corrected chi connectivity index (χ2v) is 3.23. The second kappa shape index (κ2) is 3.48. The molecule has 0 N–H and O–H groups in total. The molecule has 2 aromatic rings. The molecule has 0 aliphatic rings. The van der Waals surface area contributed by atoms with Crippen molar-refractivity contribution in [2.24, 2.45) is 0 Å². The van der Waals surface area contributed by atoms with Gasteiger partial charge in [0.1, 0.15) is 7.85 Å². The quantitative estimate of drug-likeness (QED) is 0.564. The average molecular weight is 166 g/mol. The van der Waals surface area contributed by atoms with Gasteiger partial charge in [0.05, 0.1) is 0 Å². The Bertz CT molecular complexity index is 376. The Balaban J connectivity index is 2.42. The summed E-state index contributed by atoms with van der Waals surface area (Å²) in [5.74, 6) is 0. The third kappa shape index (κ3) is 1.81. The van der Waals surface area contributed by atoms with Crippen LogP contribution >= 0.6 is 0 Å². The summed E-state index contributed by atoms with van der Waals surface area (Å²) in [7, 11) is 2.11. The van der Waals surface area contributed by atoms with Crippen molar-refractivity contribution in [1.29, 1.82) is 0 Å². The highest BCUT2D eigenvalue weighted by molar-refractivity contribution is 6.32. The molecule has 13 heavy (non-hydrogen) atoms. The topological polar surface area (TPSA) is 0 Å². The predicted octanol–water partition coefficient (Wildman–Crippen LogP) is 1.61. The van der Waals surface area contributed by atoms with Crippen LogP contribution in [-0.2, 0) is 0 Å². The van der Waals surface area contributed by atoms with E-state index in [0.29, 0.717) is 0 Å². The van der Waals surface area contributed by atoms with E-state index >= 15 is 0 Å². The van der Waals surface area contributed by atoms with Crippen molar-refractivity contribution in [3.63, 3.8) is 0 Å². The Hall–Kier alpha value is -1.50. The normalized spacial score (nSPS) is 9.85.